The first-order chi connectivity index (χ1) is 8.96. The molecule has 112 valence electrons. The smallest absolute Gasteiger partial charge is 0.324 e. The second kappa shape index (κ2) is 7.25. The van der Waals surface area contributed by atoms with E-state index in [0.717, 1.165) is 45.3 Å². The van der Waals surface area contributed by atoms with Crippen molar-refractivity contribution in [3.05, 3.63) is 0 Å². The number of hydrogen-bond acceptors (Lipinski definition) is 3. The molecule has 0 heterocycles. The molecule has 2 unspecified atom stereocenters. The van der Waals surface area contributed by atoms with Crippen molar-refractivity contribution >= 4 is 5.97 Å². The van der Waals surface area contributed by atoms with Crippen LogP contribution >= 0.6 is 0 Å². The maximum Gasteiger partial charge on any atom is 0.324 e. The minimum atomic E-state index is -0.683. The van der Waals surface area contributed by atoms with Gasteiger partial charge in [-0.1, -0.05) is 27.2 Å². The summed E-state index contributed by atoms with van der Waals surface area (Å²) in [5.41, 5.74) is -0.683. The number of carboxylic acid groups (broad SMARTS) is 1. The van der Waals surface area contributed by atoms with Gasteiger partial charge in [-0.2, -0.15) is 0 Å². The lowest BCUT2D eigenvalue weighted by atomic mass is 9.84. The van der Waals surface area contributed by atoms with E-state index in [4.69, 9.17) is 0 Å². The lowest BCUT2D eigenvalue weighted by Crippen LogP contribution is -2.53. The average molecular weight is 270 g/mol. The van der Waals surface area contributed by atoms with E-state index in [-0.39, 0.29) is 5.92 Å². The predicted molar refractivity (Wildman–Crippen MR) is 78.3 cm³/mol. The number of nitrogens with one attached hydrogen (secondary N) is 1. The fourth-order valence-electron chi connectivity index (χ4n) is 3.42. The Hall–Kier alpha value is -0.610. The molecule has 4 nitrogen and oxygen atoms in total. The summed E-state index contributed by atoms with van der Waals surface area (Å²) in [5, 5.41) is 12.6. The van der Waals surface area contributed by atoms with Crippen LogP contribution in [0.2, 0.25) is 0 Å². The number of rotatable bonds is 8. The highest BCUT2D eigenvalue weighted by Crippen LogP contribution is 2.38. The van der Waals surface area contributed by atoms with Crippen molar-refractivity contribution < 1.29 is 9.90 Å². The van der Waals surface area contributed by atoms with E-state index in [1.807, 2.05) is 0 Å². The number of carboxylic acids is 1. The number of likely N-dealkylation sites (N-methyl/N-ethyl adjacent to an activating group) is 1. The van der Waals surface area contributed by atoms with Crippen LogP contribution in [0.4, 0.5) is 0 Å². The molecule has 0 bridgehead atoms. The summed E-state index contributed by atoms with van der Waals surface area (Å²) in [4.78, 5) is 14.0. The van der Waals surface area contributed by atoms with Gasteiger partial charge in [0.25, 0.3) is 0 Å². The van der Waals surface area contributed by atoms with Gasteiger partial charge in [-0.3, -0.25) is 4.79 Å². The average Bonchev–Trinajstić information content (AvgIpc) is 2.78. The fourth-order valence-corrected chi connectivity index (χ4v) is 3.42. The highest BCUT2D eigenvalue weighted by Gasteiger charge is 2.47. The Morgan fingerprint density at radius 1 is 1.53 bits per heavy atom. The van der Waals surface area contributed by atoms with Crippen LogP contribution < -0.4 is 5.32 Å². The quantitative estimate of drug-likeness (QED) is 0.710. The van der Waals surface area contributed by atoms with E-state index < -0.39 is 11.5 Å². The van der Waals surface area contributed by atoms with Crippen molar-refractivity contribution in [1.29, 1.82) is 0 Å². The predicted octanol–water partition coefficient (Wildman–Crippen LogP) is 2.20. The van der Waals surface area contributed by atoms with E-state index in [9.17, 15) is 9.90 Å². The topological polar surface area (TPSA) is 52.6 Å². The van der Waals surface area contributed by atoms with Crippen LogP contribution in [0.1, 0.15) is 46.5 Å². The second-order valence-electron chi connectivity index (χ2n) is 6.19. The summed E-state index contributed by atoms with van der Waals surface area (Å²) >= 11 is 0. The molecule has 1 rings (SSSR count). The molecular weight excluding hydrogens is 240 g/mol. The normalized spacial score (nSPS) is 27.4. The van der Waals surface area contributed by atoms with E-state index in [1.54, 1.807) is 7.05 Å². The van der Waals surface area contributed by atoms with Gasteiger partial charge in [0.05, 0.1) is 0 Å². The van der Waals surface area contributed by atoms with Crippen LogP contribution in [0.15, 0.2) is 0 Å². The molecule has 4 heteroatoms. The molecule has 2 atom stereocenters. The largest absolute Gasteiger partial charge is 0.480 e. The monoisotopic (exact) mass is 270 g/mol. The summed E-state index contributed by atoms with van der Waals surface area (Å²) < 4.78 is 0. The number of aliphatic carboxylic acids is 1. The van der Waals surface area contributed by atoms with Gasteiger partial charge < -0.3 is 15.3 Å². The second-order valence-corrected chi connectivity index (χ2v) is 6.19. The number of nitrogens with zero attached hydrogens (tertiary/aromatic N) is 1. The summed E-state index contributed by atoms with van der Waals surface area (Å²) in [6.07, 6.45) is 3.80. The highest BCUT2D eigenvalue weighted by molar-refractivity contribution is 5.79. The van der Waals surface area contributed by atoms with Crippen molar-refractivity contribution in [3.63, 3.8) is 0 Å². The summed E-state index contributed by atoms with van der Waals surface area (Å²) in [5.74, 6) is 0.248. The Labute approximate surface area is 117 Å². The molecule has 0 spiro atoms. The lowest BCUT2D eigenvalue weighted by molar-refractivity contribution is -0.146. The molecular formula is C15H30N2O2. The molecule has 0 aromatic heterocycles. The SMILES string of the molecule is CCN(CCC1CCCC1(NC)C(=O)O)CC(C)C. The molecule has 1 aliphatic rings. The molecule has 0 saturated heterocycles. The van der Waals surface area contributed by atoms with Crippen LogP contribution in [0, 0.1) is 11.8 Å². The third-order valence-corrected chi connectivity index (χ3v) is 4.51. The Morgan fingerprint density at radius 3 is 2.68 bits per heavy atom. The first-order valence-corrected chi connectivity index (χ1v) is 7.61. The van der Waals surface area contributed by atoms with E-state index >= 15 is 0 Å². The van der Waals surface area contributed by atoms with Crippen molar-refractivity contribution in [1.82, 2.24) is 10.2 Å². The molecule has 0 amide bonds. The molecule has 0 aromatic carbocycles. The molecule has 19 heavy (non-hydrogen) atoms. The van der Waals surface area contributed by atoms with Gasteiger partial charge in [0.15, 0.2) is 0 Å². The third kappa shape index (κ3) is 3.93. The minimum Gasteiger partial charge on any atom is -0.480 e. The zero-order chi connectivity index (χ0) is 14.5. The third-order valence-electron chi connectivity index (χ3n) is 4.51. The van der Waals surface area contributed by atoms with Crippen molar-refractivity contribution in [2.75, 3.05) is 26.7 Å². The van der Waals surface area contributed by atoms with E-state index in [0.29, 0.717) is 5.92 Å². The molecule has 0 aromatic rings. The van der Waals surface area contributed by atoms with Crippen molar-refractivity contribution in [2.24, 2.45) is 11.8 Å². The Kier molecular flexibility index (Phi) is 6.27. The van der Waals surface area contributed by atoms with Gasteiger partial charge in [0.2, 0.25) is 0 Å². The van der Waals surface area contributed by atoms with Crippen molar-refractivity contribution in [2.45, 2.75) is 52.0 Å². The Bertz CT molecular complexity index is 294. The highest BCUT2D eigenvalue weighted by atomic mass is 16.4. The van der Waals surface area contributed by atoms with E-state index in [2.05, 4.69) is 31.0 Å². The maximum atomic E-state index is 11.6. The Balaban J connectivity index is 2.57. The molecule has 2 N–H and O–H groups in total. The van der Waals surface area contributed by atoms with Crippen LogP contribution in [0.5, 0.6) is 0 Å². The minimum absolute atomic E-state index is 0.260. The summed E-state index contributed by atoms with van der Waals surface area (Å²) in [6.45, 7) is 9.80. The van der Waals surface area contributed by atoms with Crippen LogP contribution in [0.3, 0.4) is 0 Å². The summed E-state index contributed by atoms with van der Waals surface area (Å²) in [7, 11) is 1.79. The first kappa shape index (κ1) is 16.4. The van der Waals surface area contributed by atoms with Crippen LogP contribution in [0.25, 0.3) is 0 Å². The van der Waals surface area contributed by atoms with Gasteiger partial charge in [-0.15, -0.1) is 0 Å². The standard InChI is InChI=1S/C15H30N2O2/c1-5-17(11-12(2)3)10-8-13-7-6-9-15(13,16-4)14(18)19/h12-13,16H,5-11H2,1-4H3,(H,18,19). The first-order valence-electron chi connectivity index (χ1n) is 7.61. The van der Waals surface area contributed by atoms with E-state index in [1.165, 1.54) is 0 Å². The maximum absolute atomic E-state index is 11.6. The van der Waals surface area contributed by atoms with Crippen LogP contribution in [-0.2, 0) is 4.79 Å². The lowest BCUT2D eigenvalue weighted by Gasteiger charge is -2.33. The van der Waals surface area contributed by atoms with Gasteiger partial charge in [0, 0.05) is 6.54 Å². The van der Waals surface area contributed by atoms with Crippen LogP contribution in [-0.4, -0.2) is 48.2 Å². The molecule has 1 saturated carbocycles. The summed E-state index contributed by atoms with van der Waals surface area (Å²) in [6, 6.07) is 0. The van der Waals surface area contributed by atoms with Gasteiger partial charge >= 0.3 is 5.97 Å². The molecule has 1 fully saturated rings. The number of carbonyl (C=O) groups is 1. The van der Waals surface area contributed by atoms with Gasteiger partial charge in [-0.05, 0) is 51.2 Å². The number of hydrogen-bond donors (Lipinski definition) is 2. The fraction of sp³-hybridized carbons (Fsp3) is 0.933. The zero-order valence-corrected chi connectivity index (χ0v) is 12.9. The van der Waals surface area contributed by atoms with Gasteiger partial charge in [0.1, 0.15) is 5.54 Å². The molecule has 0 radical (unpaired) electrons. The van der Waals surface area contributed by atoms with Gasteiger partial charge in [-0.25, -0.2) is 0 Å². The van der Waals surface area contributed by atoms with Crippen molar-refractivity contribution in [3.8, 4) is 0 Å². The zero-order valence-electron chi connectivity index (χ0n) is 12.9. The Morgan fingerprint density at radius 2 is 2.21 bits per heavy atom. The molecule has 1 aliphatic carbocycles. The molecule has 0 aliphatic heterocycles.